The van der Waals surface area contributed by atoms with Crippen LogP contribution < -0.4 is 10.1 Å². The summed E-state index contributed by atoms with van der Waals surface area (Å²) in [5, 5.41) is 3.01. The third-order valence-corrected chi connectivity index (χ3v) is 5.62. The average molecular weight is 440 g/mol. The van der Waals surface area contributed by atoms with E-state index < -0.39 is 0 Å². The minimum Gasteiger partial charge on any atom is -0.486 e. The van der Waals surface area contributed by atoms with Crippen LogP contribution in [0.2, 0.25) is 0 Å². The number of aryl methyl sites for hydroxylation is 2. The molecule has 0 unspecified atom stereocenters. The smallest absolute Gasteiger partial charge is 0.255 e. The number of benzene rings is 2. The number of rotatable bonds is 7. The van der Waals surface area contributed by atoms with Gasteiger partial charge >= 0.3 is 0 Å². The average Bonchev–Trinajstić information content (AvgIpc) is 3.37. The normalized spacial score (nSPS) is 11.2. The van der Waals surface area contributed by atoms with Gasteiger partial charge in [0.1, 0.15) is 23.8 Å². The summed E-state index contributed by atoms with van der Waals surface area (Å²) in [6.45, 7) is 5.43. The molecule has 3 heterocycles. The number of ether oxygens (including phenoxy) is 1. The highest BCUT2D eigenvalue weighted by Crippen LogP contribution is 2.20. The van der Waals surface area contributed by atoms with Gasteiger partial charge in [-0.3, -0.25) is 4.79 Å². The second-order valence-electron chi connectivity index (χ2n) is 8.04. The van der Waals surface area contributed by atoms with E-state index in [2.05, 4.69) is 19.9 Å². The van der Waals surface area contributed by atoms with Crippen molar-refractivity contribution >= 4 is 22.6 Å². The van der Waals surface area contributed by atoms with Crippen LogP contribution in [0.5, 0.6) is 5.75 Å². The Morgan fingerprint density at radius 1 is 0.970 bits per heavy atom. The van der Waals surface area contributed by atoms with E-state index in [-0.39, 0.29) is 12.5 Å². The zero-order valence-electron chi connectivity index (χ0n) is 18.7. The quantitative estimate of drug-likeness (QED) is 0.410. The molecule has 1 amide bonds. The zero-order chi connectivity index (χ0) is 22.8. The molecule has 2 aromatic carbocycles. The number of para-hydroxylation sites is 3. The molecule has 5 aromatic rings. The van der Waals surface area contributed by atoms with Crippen molar-refractivity contribution in [2.24, 2.45) is 0 Å². The standard InChI is InChI=1S/C26H25N5O2/c1-18-11-12-25-29-20(16-30(25)15-18)17-33-24-10-6-3-7-21(24)26(32)27-13-14-31-19(2)28-22-8-4-5-9-23(22)31/h3-12,15-16H,13-14,17H2,1-2H3,(H,27,32). The number of aromatic nitrogens is 4. The van der Waals surface area contributed by atoms with Crippen LogP contribution in [0.3, 0.4) is 0 Å². The van der Waals surface area contributed by atoms with Crippen molar-refractivity contribution in [3.63, 3.8) is 0 Å². The third kappa shape index (κ3) is 4.30. The topological polar surface area (TPSA) is 73.4 Å². The maximum Gasteiger partial charge on any atom is 0.255 e. The van der Waals surface area contributed by atoms with E-state index in [0.717, 1.165) is 33.8 Å². The molecule has 7 heteroatoms. The SMILES string of the molecule is Cc1ccc2nc(COc3ccccc3C(=O)NCCn3c(C)nc4ccccc43)cn2c1. The van der Waals surface area contributed by atoms with Crippen molar-refractivity contribution in [1.82, 2.24) is 24.3 Å². The first kappa shape index (κ1) is 20.8. The van der Waals surface area contributed by atoms with Crippen molar-refractivity contribution in [3.8, 4) is 5.75 Å². The van der Waals surface area contributed by atoms with E-state index in [1.807, 2.05) is 85.2 Å². The minimum absolute atomic E-state index is 0.168. The van der Waals surface area contributed by atoms with E-state index in [4.69, 9.17) is 4.74 Å². The van der Waals surface area contributed by atoms with Gasteiger partial charge in [0.25, 0.3) is 5.91 Å². The summed E-state index contributed by atoms with van der Waals surface area (Å²) in [7, 11) is 0. The van der Waals surface area contributed by atoms with Gasteiger partial charge in [-0.15, -0.1) is 0 Å². The first-order chi connectivity index (χ1) is 16.1. The Balaban J connectivity index is 1.24. The second kappa shape index (κ2) is 8.78. The number of hydrogen-bond acceptors (Lipinski definition) is 4. The maximum absolute atomic E-state index is 12.9. The number of fused-ring (bicyclic) bond motifs is 2. The van der Waals surface area contributed by atoms with Gasteiger partial charge in [0.15, 0.2) is 0 Å². The molecule has 0 aliphatic rings. The molecule has 0 saturated carbocycles. The number of amides is 1. The highest BCUT2D eigenvalue weighted by molar-refractivity contribution is 5.96. The maximum atomic E-state index is 12.9. The molecule has 0 saturated heterocycles. The summed E-state index contributed by atoms with van der Waals surface area (Å²) < 4.78 is 10.1. The molecule has 7 nitrogen and oxygen atoms in total. The number of nitrogens with zero attached hydrogens (tertiary/aromatic N) is 4. The van der Waals surface area contributed by atoms with E-state index in [1.54, 1.807) is 6.07 Å². The molecule has 0 atom stereocenters. The van der Waals surface area contributed by atoms with Gasteiger partial charge < -0.3 is 19.0 Å². The fourth-order valence-electron chi connectivity index (χ4n) is 4.01. The summed E-state index contributed by atoms with van der Waals surface area (Å²) in [4.78, 5) is 22.1. The molecule has 3 aromatic heterocycles. The number of pyridine rings is 1. The van der Waals surface area contributed by atoms with Gasteiger partial charge in [0, 0.05) is 25.5 Å². The van der Waals surface area contributed by atoms with Crippen molar-refractivity contribution in [2.45, 2.75) is 27.0 Å². The first-order valence-electron chi connectivity index (χ1n) is 10.9. The Morgan fingerprint density at radius 3 is 2.70 bits per heavy atom. The van der Waals surface area contributed by atoms with Gasteiger partial charge in [-0.25, -0.2) is 9.97 Å². The van der Waals surface area contributed by atoms with Crippen molar-refractivity contribution in [3.05, 3.63) is 95.7 Å². The molecule has 0 fully saturated rings. The number of carbonyl (C=O) groups is 1. The van der Waals surface area contributed by atoms with Crippen LogP contribution in [-0.4, -0.2) is 31.4 Å². The molecule has 0 aliphatic heterocycles. The number of imidazole rings is 2. The van der Waals surface area contributed by atoms with Crippen molar-refractivity contribution < 1.29 is 9.53 Å². The fraction of sp³-hybridized carbons (Fsp3) is 0.192. The molecule has 0 spiro atoms. The third-order valence-electron chi connectivity index (χ3n) is 5.62. The predicted molar refractivity (Wildman–Crippen MR) is 128 cm³/mol. The Morgan fingerprint density at radius 2 is 1.79 bits per heavy atom. The van der Waals surface area contributed by atoms with Gasteiger partial charge in [0.2, 0.25) is 0 Å². The lowest BCUT2D eigenvalue weighted by Gasteiger charge is -2.12. The van der Waals surface area contributed by atoms with Gasteiger partial charge in [-0.1, -0.05) is 30.3 Å². The Bertz CT molecular complexity index is 1450. The fourth-order valence-corrected chi connectivity index (χ4v) is 4.01. The Hall–Kier alpha value is -4.13. The molecular weight excluding hydrogens is 414 g/mol. The van der Waals surface area contributed by atoms with Crippen LogP contribution in [0.4, 0.5) is 0 Å². The molecule has 5 rings (SSSR count). The summed E-state index contributed by atoms with van der Waals surface area (Å²) in [5.41, 5.74) is 5.36. The van der Waals surface area contributed by atoms with Crippen LogP contribution in [0.15, 0.2) is 73.1 Å². The number of carbonyl (C=O) groups excluding carboxylic acids is 1. The lowest BCUT2D eigenvalue weighted by atomic mass is 10.2. The lowest BCUT2D eigenvalue weighted by molar-refractivity contribution is 0.0947. The van der Waals surface area contributed by atoms with E-state index >= 15 is 0 Å². The first-order valence-corrected chi connectivity index (χ1v) is 10.9. The number of nitrogens with one attached hydrogen (secondary N) is 1. The zero-order valence-corrected chi connectivity index (χ0v) is 18.7. The highest BCUT2D eigenvalue weighted by Gasteiger charge is 2.13. The van der Waals surface area contributed by atoms with Crippen molar-refractivity contribution in [2.75, 3.05) is 6.54 Å². The molecule has 166 valence electrons. The molecule has 0 aliphatic carbocycles. The molecule has 0 bridgehead atoms. The van der Waals surface area contributed by atoms with Crippen LogP contribution in [0, 0.1) is 13.8 Å². The minimum atomic E-state index is -0.168. The van der Waals surface area contributed by atoms with Gasteiger partial charge in [-0.2, -0.15) is 0 Å². The summed E-state index contributed by atoms with van der Waals surface area (Å²) >= 11 is 0. The predicted octanol–water partition coefficient (Wildman–Crippen LogP) is 4.31. The molecule has 33 heavy (non-hydrogen) atoms. The summed E-state index contributed by atoms with van der Waals surface area (Å²) in [6, 6.07) is 19.3. The number of hydrogen-bond donors (Lipinski definition) is 1. The lowest BCUT2D eigenvalue weighted by Crippen LogP contribution is -2.27. The Kier molecular flexibility index (Phi) is 5.52. The van der Waals surface area contributed by atoms with Crippen LogP contribution >= 0.6 is 0 Å². The van der Waals surface area contributed by atoms with Crippen LogP contribution in [0.1, 0.15) is 27.4 Å². The van der Waals surface area contributed by atoms with E-state index in [9.17, 15) is 4.79 Å². The summed E-state index contributed by atoms with van der Waals surface area (Å²) in [5.74, 6) is 1.29. The van der Waals surface area contributed by atoms with Gasteiger partial charge in [-0.05, 0) is 49.7 Å². The van der Waals surface area contributed by atoms with Crippen molar-refractivity contribution in [1.29, 1.82) is 0 Å². The molecule has 0 radical (unpaired) electrons. The summed E-state index contributed by atoms with van der Waals surface area (Å²) in [6.07, 6.45) is 3.97. The van der Waals surface area contributed by atoms with E-state index in [1.165, 1.54) is 0 Å². The molecule has 1 N–H and O–H groups in total. The van der Waals surface area contributed by atoms with Crippen LogP contribution in [0.25, 0.3) is 16.7 Å². The molecular formula is C26H25N5O2. The van der Waals surface area contributed by atoms with Crippen LogP contribution in [-0.2, 0) is 13.2 Å². The monoisotopic (exact) mass is 439 g/mol. The largest absolute Gasteiger partial charge is 0.486 e. The highest BCUT2D eigenvalue weighted by atomic mass is 16.5. The van der Waals surface area contributed by atoms with Gasteiger partial charge in [0.05, 0.1) is 22.3 Å². The Labute approximate surface area is 191 Å². The second-order valence-corrected chi connectivity index (χ2v) is 8.04. The van der Waals surface area contributed by atoms with E-state index in [0.29, 0.717) is 24.4 Å².